The van der Waals surface area contributed by atoms with E-state index in [1.807, 2.05) is 48.0 Å². The Hall–Kier alpha value is -4.44. The molecule has 3 aromatic heterocycles. The van der Waals surface area contributed by atoms with Gasteiger partial charge in [0.1, 0.15) is 11.9 Å². The fourth-order valence-corrected chi connectivity index (χ4v) is 5.33. The molecule has 1 atom stereocenters. The van der Waals surface area contributed by atoms with E-state index in [0.717, 1.165) is 28.1 Å². The molecule has 10 nitrogen and oxygen atoms in total. The minimum absolute atomic E-state index is 0.134. The van der Waals surface area contributed by atoms with Crippen molar-refractivity contribution in [1.82, 2.24) is 34.8 Å². The Kier molecular flexibility index (Phi) is 6.62. The summed E-state index contributed by atoms with van der Waals surface area (Å²) in [5, 5.41) is 12.8. The van der Waals surface area contributed by atoms with Gasteiger partial charge in [-0.2, -0.15) is 0 Å². The van der Waals surface area contributed by atoms with Gasteiger partial charge in [-0.05, 0) is 30.7 Å². The number of para-hydroxylation sites is 1. The molecular formula is C28H27ClN8O2. The lowest BCUT2D eigenvalue weighted by Crippen LogP contribution is -2.55. The first kappa shape index (κ1) is 24.9. The third-order valence-corrected chi connectivity index (χ3v) is 7.52. The van der Waals surface area contributed by atoms with E-state index in [9.17, 15) is 9.59 Å². The fraction of sp³-hybridized carbons (Fsp3) is 0.250. The van der Waals surface area contributed by atoms with Crippen molar-refractivity contribution in [2.24, 2.45) is 0 Å². The maximum absolute atomic E-state index is 13.9. The number of carbonyl (C=O) groups excluding carboxylic acids is 2. The van der Waals surface area contributed by atoms with E-state index in [2.05, 4.69) is 30.4 Å². The summed E-state index contributed by atoms with van der Waals surface area (Å²) in [4.78, 5) is 38.8. The number of piperazine rings is 1. The maximum atomic E-state index is 13.9. The quantitative estimate of drug-likeness (QED) is 0.341. The monoisotopic (exact) mass is 542 g/mol. The Balaban J connectivity index is 1.22. The number of rotatable bonds is 6. The lowest BCUT2D eigenvalue weighted by molar-refractivity contribution is -0.133. The van der Waals surface area contributed by atoms with Crippen LogP contribution in [-0.4, -0.2) is 73.5 Å². The summed E-state index contributed by atoms with van der Waals surface area (Å²) in [5.41, 5.74) is 2.97. The average Bonchev–Trinajstić information content (AvgIpc) is 3.56. The van der Waals surface area contributed by atoms with E-state index in [0.29, 0.717) is 48.8 Å². The molecule has 0 spiro atoms. The summed E-state index contributed by atoms with van der Waals surface area (Å²) in [6, 6.07) is 14.0. The summed E-state index contributed by atoms with van der Waals surface area (Å²) in [6.07, 6.45) is 5.82. The van der Waals surface area contributed by atoms with E-state index < -0.39 is 6.04 Å². The molecule has 0 radical (unpaired) electrons. The Bertz CT molecular complexity index is 1670. The number of hydrogen-bond donors (Lipinski definition) is 2. The molecule has 2 amide bonds. The van der Waals surface area contributed by atoms with Crippen molar-refractivity contribution in [2.75, 3.05) is 31.1 Å². The predicted octanol–water partition coefficient (Wildman–Crippen LogP) is 3.26. The first-order valence-corrected chi connectivity index (χ1v) is 13.2. The first-order valence-electron chi connectivity index (χ1n) is 12.8. The molecular weight excluding hydrogens is 516 g/mol. The third-order valence-electron chi connectivity index (χ3n) is 7.19. The second kappa shape index (κ2) is 10.4. The van der Waals surface area contributed by atoms with Crippen molar-refractivity contribution in [2.45, 2.75) is 19.4 Å². The van der Waals surface area contributed by atoms with Crippen LogP contribution < -0.4 is 10.2 Å². The van der Waals surface area contributed by atoms with Gasteiger partial charge in [-0.25, -0.2) is 4.98 Å². The highest BCUT2D eigenvalue weighted by Gasteiger charge is 2.31. The number of nitrogens with one attached hydrogen (secondary N) is 2. The zero-order valence-electron chi connectivity index (χ0n) is 21.3. The topological polar surface area (TPSA) is 112 Å². The highest BCUT2D eigenvalue weighted by Crippen LogP contribution is 2.23. The summed E-state index contributed by atoms with van der Waals surface area (Å²) in [6.45, 7) is 4.04. The van der Waals surface area contributed by atoms with Gasteiger partial charge in [-0.3, -0.25) is 14.0 Å². The minimum atomic E-state index is -0.764. The molecule has 39 heavy (non-hydrogen) atoms. The van der Waals surface area contributed by atoms with Gasteiger partial charge < -0.3 is 20.1 Å². The van der Waals surface area contributed by atoms with Crippen LogP contribution in [0.3, 0.4) is 0 Å². The van der Waals surface area contributed by atoms with Crippen LogP contribution >= 0.6 is 11.6 Å². The molecule has 1 aliphatic heterocycles. The van der Waals surface area contributed by atoms with Crippen LogP contribution in [0.25, 0.3) is 16.6 Å². The van der Waals surface area contributed by atoms with Gasteiger partial charge >= 0.3 is 0 Å². The number of aryl methyl sites for hydroxylation is 1. The van der Waals surface area contributed by atoms with Gasteiger partial charge in [-0.15, -0.1) is 10.2 Å². The largest absolute Gasteiger partial charge is 0.361 e. The zero-order chi connectivity index (χ0) is 26.9. The van der Waals surface area contributed by atoms with Gasteiger partial charge in [0.25, 0.3) is 5.91 Å². The molecule has 5 aromatic rings. The number of H-pyrrole nitrogens is 1. The van der Waals surface area contributed by atoms with Crippen LogP contribution in [-0.2, 0) is 11.2 Å². The van der Waals surface area contributed by atoms with Crippen LogP contribution in [0.1, 0.15) is 21.7 Å². The van der Waals surface area contributed by atoms with Crippen molar-refractivity contribution in [3.05, 3.63) is 89.1 Å². The molecule has 6 rings (SSSR count). The standard InChI is InChI=1S/C28H27ClN8O2/c1-18-33-34-26-25(30-10-11-37(18)26)35-12-14-36(15-13-35)28(39)24(32-27(38)21-7-2-4-8-22(21)29)16-19-17-31-23-9-5-3-6-20(19)23/h2-11,17,24,31H,12-16H2,1H3,(H,32,38). The van der Waals surface area contributed by atoms with Crippen molar-refractivity contribution in [3.8, 4) is 0 Å². The van der Waals surface area contributed by atoms with Crippen LogP contribution in [0.5, 0.6) is 0 Å². The second-order valence-electron chi connectivity index (χ2n) is 9.57. The number of aromatic amines is 1. The van der Waals surface area contributed by atoms with Crippen molar-refractivity contribution in [1.29, 1.82) is 0 Å². The molecule has 4 heterocycles. The van der Waals surface area contributed by atoms with Gasteiger partial charge in [-0.1, -0.05) is 41.9 Å². The van der Waals surface area contributed by atoms with Crippen molar-refractivity contribution >= 4 is 45.8 Å². The highest BCUT2D eigenvalue weighted by atomic mass is 35.5. The Morgan fingerprint density at radius 3 is 2.64 bits per heavy atom. The zero-order valence-corrected chi connectivity index (χ0v) is 22.1. The Morgan fingerprint density at radius 2 is 1.82 bits per heavy atom. The molecule has 11 heteroatoms. The van der Waals surface area contributed by atoms with Crippen molar-refractivity contribution < 1.29 is 9.59 Å². The average molecular weight is 543 g/mol. The number of carbonyl (C=O) groups is 2. The van der Waals surface area contributed by atoms with E-state index >= 15 is 0 Å². The number of fused-ring (bicyclic) bond motifs is 2. The molecule has 2 aromatic carbocycles. The van der Waals surface area contributed by atoms with Gasteiger partial charge in [0.15, 0.2) is 5.82 Å². The van der Waals surface area contributed by atoms with Gasteiger partial charge in [0, 0.05) is 62.1 Å². The summed E-state index contributed by atoms with van der Waals surface area (Å²) >= 11 is 6.29. The molecule has 2 N–H and O–H groups in total. The number of benzene rings is 2. The van der Waals surface area contributed by atoms with Crippen molar-refractivity contribution in [3.63, 3.8) is 0 Å². The minimum Gasteiger partial charge on any atom is -0.361 e. The SMILES string of the molecule is Cc1nnc2c(N3CCN(C(=O)C(Cc4c[nH]c5ccccc45)NC(=O)c4ccccc4Cl)CC3)nccn12. The molecule has 0 bridgehead atoms. The summed E-state index contributed by atoms with van der Waals surface area (Å²) in [5.74, 6) is 1.02. The van der Waals surface area contributed by atoms with Gasteiger partial charge in [0.2, 0.25) is 11.6 Å². The lowest BCUT2D eigenvalue weighted by atomic mass is 10.0. The summed E-state index contributed by atoms with van der Waals surface area (Å²) < 4.78 is 1.90. The number of aromatic nitrogens is 5. The number of nitrogens with zero attached hydrogens (tertiary/aromatic N) is 6. The van der Waals surface area contributed by atoms with E-state index in [4.69, 9.17) is 11.6 Å². The van der Waals surface area contributed by atoms with E-state index in [-0.39, 0.29) is 11.8 Å². The van der Waals surface area contributed by atoms with Crippen LogP contribution in [0, 0.1) is 6.92 Å². The molecule has 198 valence electrons. The van der Waals surface area contributed by atoms with Crippen LogP contribution in [0.2, 0.25) is 5.02 Å². The van der Waals surface area contributed by atoms with Crippen LogP contribution in [0.4, 0.5) is 5.82 Å². The van der Waals surface area contributed by atoms with E-state index in [1.54, 1.807) is 35.4 Å². The predicted molar refractivity (Wildman–Crippen MR) is 149 cm³/mol. The number of amides is 2. The highest BCUT2D eigenvalue weighted by molar-refractivity contribution is 6.33. The normalized spacial score (nSPS) is 14.6. The lowest BCUT2D eigenvalue weighted by Gasteiger charge is -2.37. The van der Waals surface area contributed by atoms with Crippen LogP contribution in [0.15, 0.2) is 67.1 Å². The molecule has 1 saturated heterocycles. The molecule has 1 unspecified atom stereocenters. The smallest absolute Gasteiger partial charge is 0.253 e. The Morgan fingerprint density at radius 1 is 1.05 bits per heavy atom. The number of anilines is 1. The summed E-state index contributed by atoms with van der Waals surface area (Å²) in [7, 11) is 0. The van der Waals surface area contributed by atoms with Gasteiger partial charge in [0.05, 0.1) is 10.6 Å². The number of hydrogen-bond acceptors (Lipinski definition) is 6. The second-order valence-corrected chi connectivity index (χ2v) is 9.98. The van der Waals surface area contributed by atoms with E-state index in [1.165, 1.54) is 0 Å². The molecule has 1 fully saturated rings. The Labute approximate surface area is 229 Å². The third kappa shape index (κ3) is 4.79. The first-order chi connectivity index (χ1) is 19.0. The molecule has 1 aliphatic rings. The number of halogens is 1. The molecule has 0 aliphatic carbocycles. The molecule has 0 saturated carbocycles. The maximum Gasteiger partial charge on any atom is 0.253 e. The fourth-order valence-electron chi connectivity index (χ4n) is 5.11.